The molecule has 0 aliphatic heterocycles. The molecule has 92 valence electrons. The molecule has 0 aromatic carbocycles. The van der Waals surface area contributed by atoms with E-state index in [0.29, 0.717) is 18.8 Å². The Morgan fingerprint density at radius 1 is 1.33 bits per heavy atom. The molecule has 15 heavy (non-hydrogen) atoms. The predicted octanol–water partition coefficient (Wildman–Crippen LogP) is 2.14. The minimum Gasteiger partial charge on any atom is -0.432 e. The molecule has 4 heteroatoms. The van der Waals surface area contributed by atoms with E-state index >= 15 is 0 Å². The molecule has 0 heterocycles. The van der Waals surface area contributed by atoms with Gasteiger partial charge in [-0.15, -0.1) is 0 Å². The molecular formula is C11H26O3Si. The number of aliphatic hydroxyl groups is 1. The largest absolute Gasteiger partial charge is 0.432 e. The molecule has 2 unspecified atom stereocenters. The van der Waals surface area contributed by atoms with E-state index in [1.165, 1.54) is 0 Å². The second-order valence-corrected chi connectivity index (χ2v) is 9.12. The van der Waals surface area contributed by atoms with E-state index in [4.69, 9.17) is 4.74 Å². The molecule has 2 atom stereocenters. The third-order valence-electron chi connectivity index (χ3n) is 3.00. The molecular weight excluding hydrogens is 208 g/mol. The molecule has 0 bridgehead atoms. The third kappa shape index (κ3) is 7.06. The second kappa shape index (κ2) is 7.38. The summed E-state index contributed by atoms with van der Waals surface area (Å²) >= 11 is 0. The first-order chi connectivity index (χ1) is 6.90. The predicted molar refractivity (Wildman–Crippen MR) is 65.5 cm³/mol. The van der Waals surface area contributed by atoms with Gasteiger partial charge in [-0.1, -0.05) is 20.8 Å². The maximum Gasteiger partial charge on any atom is 0.188 e. The average molecular weight is 234 g/mol. The quantitative estimate of drug-likeness (QED) is 0.500. The van der Waals surface area contributed by atoms with Gasteiger partial charge in [0.05, 0.1) is 12.7 Å². The smallest absolute Gasteiger partial charge is 0.188 e. The Morgan fingerprint density at radius 3 is 2.40 bits per heavy atom. The van der Waals surface area contributed by atoms with Crippen molar-refractivity contribution in [2.75, 3.05) is 13.2 Å². The summed E-state index contributed by atoms with van der Waals surface area (Å²) in [7, 11) is -2.01. The molecule has 0 radical (unpaired) electrons. The van der Waals surface area contributed by atoms with Gasteiger partial charge in [-0.2, -0.15) is 0 Å². The molecule has 0 aromatic rings. The maximum atomic E-state index is 10.1. The summed E-state index contributed by atoms with van der Waals surface area (Å²) in [5.74, 6) is 0. The highest BCUT2D eigenvalue weighted by Gasteiger charge is 2.27. The molecule has 0 fully saturated rings. The van der Waals surface area contributed by atoms with Crippen molar-refractivity contribution in [1.29, 1.82) is 0 Å². The lowest BCUT2D eigenvalue weighted by Gasteiger charge is -2.24. The van der Waals surface area contributed by atoms with Gasteiger partial charge in [0.1, 0.15) is 0 Å². The fourth-order valence-electron chi connectivity index (χ4n) is 1.16. The van der Waals surface area contributed by atoms with Gasteiger partial charge in [-0.3, -0.25) is 0 Å². The lowest BCUT2D eigenvalue weighted by atomic mass is 10.3. The van der Waals surface area contributed by atoms with Crippen LogP contribution < -0.4 is 0 Å². The monoisotopic (exact) mass is 234 g/mol. The summed E-state index contributed by atoms with van der Waals surface area (Å²) in [5.41, 5.74) is 0.402. The zero-order valence-corrected chi connectivity index (χ0v) is 11.5. The fourth-order valence-corrected chi connectivity index (χ4v) is 2.60. The normalized spacial score (nSPS) is 17.8. The molecule has 0 aliphatic rings. The van der Waals surface area contributed by atoms with Crippen molar-refractivity contribution < 1.29 is 14.6 Å². The van der Waals surface area contributed by atoms with Gasteiger partial charge >= 0.3 is 0 Å². The van der Waals surface area contributed by atoms with Gasteiger partial charge in [0.15, 0.2) is 8.32 Å². The number of hydrogen-bond acceptors (Lipinski definition) is 3. The Morgan fingerprint density at radius 2 is 1.93 bits per heavy atom. The first-order valence-corrected chi connectivity index (χ1v) is 8.61. The van der Waals surface area contributed by atoms with Crippen LogP contribution in [0.4, 0.5) is 0 Å². The van der Waals surface area contributed by atoms with Crippen LogP contribution >= 0.6 is 0 Å². The second-order valence-electron chi connectivity index (χ2n) is 4.75. The van der Waals surface area contributed by atoms with E-state index < -0.39 is 8.32 Å². The SMILES string of the molecule is CCC(O)COCCC[Si](C)(O)C(C)C. The summed E-state index contributed by atoms with van der Waals surface area (Å²) < 4.78 is 5.32. The van der Waals surface area contributed by atoms with Crippen LogP contribution in [-0.4, -0.2) is 37.5 Å². The van der Waals surface area contributed by atoms with E-state index in [0.717, 1.165) is 18.9 Å². The van der Waals surface area contributed by atoms with Crippen LogP contribution in [-0.2, 0) is 4.74 Å². The van der Waals surface area contributed by atoms with Gasteiger partial charge in [0.2, 0.25) is 0 Å². The van der Waals surface area contributed by atoms with Gasteiger partial charge < -0.3 is 14.6 Å². The highest BCUT2D eigenvalue weighted by atomic mass is 28.4. The van der Waals surface area contributed by atoms with E-state index in [-0.39, 0.29) is 6.10 Å². The summed E-state index contributed by atoms with van der Waals surface area (Å²) in [6.07, 6.45) is 1.29. The lowest BCUT2D eigenvalue weighted by Crippen LogP contribution is -2.33. The van der Waals surface area contributed by atoms with Crippen molar-refractivity contribution in [3.05, 3.63) is 0 Å². The fraction of sp³-hybridized carbons (Fsp3) is 1.00. The van der Waals surface area contributed by atoms with E-state index in [9.17, 15) is 9.90 Å². The number of aliphatic hydroxyl groups excluding tert-OH is 1. The van der Waals surface area contributed by atoms with E-state index in [1.54, 1.807) is 0 Å². The van der Waals surface area contributed by atoms with Crippen LogP contribution in [0, 0.1) is 0 Å². The topological polar surface area (TPSA) is 49.7 Å². The number of hydrogen-bond donors (Lipinski definition) is 2. The van der Waals surface area contributed by atoms with Crippen molar-refractivity contribution in [3.8, 4) is 0 Å². The van der Waals surface area contributed by atoms with Crippen molar-refractivity contribution in [2.24, 2.45) is 0 Å². The third-order valence-corrected chi connectivity index (χ3v) is 6.85. The van der Waals surface area contributed by atoms with Crippen LogP contribution in [0.5, 0.6) is 0 Å². The number of rotatable bonds is 8. The standard InChI is InChI=1S/C11H26O3Si/c1-5-11(12)9-14-7-6-8-15(4,13)10(2)3/h10-13H,5-9H2,1-4H3. The lowest BCUT2D eigenvalue weighted by molar-refractivity contribution is 0.0351. The van der Waals surface area contributed by atoms with Crippen molar-refractivity contribution in [2.45, 2.75) is 57.8 Å². The number of ether oxygens (including phenoxy) is 1. The molecule has 0 aliphatic carbocycles. The molecule has 0 aromatic heterocycles. The zero-order chi connectivity index (χ0) is 11.9. The van der Waals surface area contributed by atoms with Crippen LogP contribution in [0.25, 0.3) is 0 Å². The Balaban J connectivity index is 3.46. The molecule has 2 N–H and O–H groups in total. The summed E-state index contributed by atoms with van der Waals surface area (Å²) in [4.78, 5) is 10.1. The molecule has 0 amide bonds. The van der Waals surface area contributed by atoms with Gasteiger partial charge in [0, 0.05) is 6.61 Å². The molecule has 0 saturated carbocycles. The van der Waals surface area contributed by atoms with Crippen molar-refractivity contribution in [1.82, 2.24) is 0 Å². The van der Waals surface area contributed by atoms with E-state index in [2.05, 4.69) is 13.8 Å². The Hall–Kier alpha value is 0.0969. The molecule has 0 saturated heterocycles. The van der Waals surface area contributed by atoms with Gasteiger partial charge in [-0.25, -0.2) is 0 Å². The van der Waals surface area contributed by atoms with E-state index in [1.807, 2.05) is 13.5 Å². The summed E-state index contributed by atoms with van der Waals surface area (Å²) in [6, 6.07) is 0.882. The molecule has 0 spiro atoms. The summed E-state index contributed by atoms with van der Waals surface area (Å²) in [6.45, 7) is 9.15. The zero-order valence-electron chi connectivity index (χ0n) is 10.5. The first-order valence-electron chi connectivity index (χ1n) is 5.88. The minimum atomic E-state index is -2.01. The van der Waals surface area contributed by atoms with Gasteiger partial charge in [0.25, 0.3) is 0 Å². The average Bonchev–Trinajstić information content (AvgIpc) is 2.16. The Kier molecular flexibility index (Phi) is 7.43. The van der Waals surface area contributed by atoms with Crippen LogP contribution in [0.3, 0.4) is 0 Å². The maximum absolute atomic E-state index is 10.1. The minimum absolute atomic E-state index is 0.340. The van der Waals surface area contributed by atoms with Crippen molar-refractivity contribution in [3.63, 3.8) is 0 Å². The summed E-state index contributed by atoms with van der Waals surface area (Å²) in [5, 5.41) is 9.24. The Labute approximate surface area is 94.6 Å². The van der Waals surface area contributed by atoms with Gasteiger partial charge in [-0.05, 0) is 31.0 Å². The highest BCUT2D eigenvalue weighted by molar-refractivity contribution is 6.72. The molecule has 0 rings (SSSR count). The Bertz CT molecular complexity index is 160. The van der Waals surface area contributed by atoms with Crippen LogP contribution in [0.15, 0.2) is 0 Å². The van der Waals surface area contributed by atoms with Crippen LogP contribution in [0.1, 0.15) is 33.6 Å². The van der Waals surface area contributed by atoms with Crippen LogP contribution in [0.2, 0.25) is 18.1 Å². The highest BCUT2D eigenvalue weighted by Crippen LogP contribution is 2.22. The first kappa shape index (κ1) is 15.1. The molecule has 3 nitrogen and oxygen atoms in total. The van der Waals surface area contributed by atoms with Crippen molar-refractivity contribution >= 4 is 8.32 Å².